The van der Waals surface area contributed by atoms with Gasteiger partial charge in [0.1, 0.15) is 0 Å². The number of ether oxygens (including phenoxy) is 1. The maximum Gasteiger partial charge on any atom is 0.0861 e. The lowest BCUT2D eigenvalue weighted by Crippen LogP contribution is -2.22. The van der Waals surface area contributed by atoms with Crippen molar-refractivity contribution in [3.05, 3.63) is 12.2 Å². The number of rotatable bonds is 13. The molecule has 0 radical (unpaired) electrons. The fourth-order valence-corrected chi connectivity index (χ4v) is 3.10. The second-order valence-electron chi connectivity index (χ2n) is 6.48. The van der Waals surface area contributed by atoms with Crippen molar-refractivity contribution in [1.29, 1.82) is 5.26 Å². The van der Waals surface area contributed by atoms with Gasteiger partial charge in [0, 0.05) is 18.9 Å². The highest BCUT2D eigenvalue weighted by molar-refractivity contribution is 4.99. The lowest BCUT2D eigenvalue weighted by molar-refractivity contribution is 0.0807. The van der Waals surface area contributed by atoms with E-state index < -0.39 is 0 Å². The molecule has 1 fully saturated rings. The van der Waals surface area contributed by atoms with E-state index >= 15 is 0 Å². The van der Waals surface area contributed by atoms with Crippen LogP contribution < -0.4 is 0 Å². The summed E-state index contributed by atoms with van der Waals surface area (Å²) in [5, 5.41) is 27.3. The van der Waals surface area contributed by atoms with Crippen molar-refractivity contribution in [2.24, 2.45) is 5.92 Å². The molecule has 1 aliphatic heterocycles. The van der Waals surface area contributed by atoms with E-state index in [1.165, 1.54) is 0 Å². The first-order valence-corrected chi connectivity index (χ1v) is 9.23. The third-order valence-electron chi connectivity index (χ3n) is 4.52. The zero-order chi connectivity index (χ0) is 16.8. The topological polar surface area (TPSA) is 73.5 Å². The summed E-state index contributed by atoms with van der Waals surface area (Å²) in [7, 11) is 0. The lowest BCUT2D eigenvalue weighted by Gasteiger charge is -2.16. The monoisotopic (exact) mass is 323 g/mol. The first kappa shape index (κ1) is 20.2. The van der Waals surface area contributed by atoms with Crippen molar-refractivity contribution in [1.82, 2.24) is 0 Å². The molecule has 0 aliphatic carbocycles. The van der Waals surface area contributed by atoms with Crippen molar-refractivity contribution in [2.75, 3.05) is 13.2 Å². The van der Waals surface area contributed by atoms with E-state index in [0.29, 0.717) is 19.6 Å². The average Bonchev–Trinajstić information content (AvgIpc) is 2.90. The zero-order valence-corrected chi connectivity index (χ0v) is 14.3. The average molecular weight is 323 g/mol. The standard InChI is InChI=1S/C19H33NO3/c20-14-10-6-3-5-9-13-19-17(18(22)16-23-19)12-8-4-1-2-7-11-15-21/h8,12,17-19,21-22H,1-7,9-11,13,15-16H2/t17-,18-,19-/m1/s1. The molecule has 4 nitrogen and oxygen atoms in total. The number of hydrogen-bond donors (Lipinski definition) is 2. The minimum absolute atomic E-state index is 0.131. The molecule has 0 saturated carbocycles. The van der Waals surface area contributed by atoms with Crippen molar-refractivity contribution < 1.29 is 14.9 Å². The van der Waals surface area contributed by atoms with E-state index in [0.717, 1.165) is 64.2 Å². The van der Waals surface area contributed by atoms with Crippen LogP contribution in [0.2, 0.25) is 0 Å². The highest BCUT2D eigenvalue weighted by Gasteiger charge is 2.33. The van der Waals surface area contributed by atoms with Gasteiger partial charge in [0.2, 0.25) is 0 Å². The van der Waals surface area contributed by atoms with Crippen LogP contribution in [-0.2, 0) is 4.74 Å². The van der Waals surface area contributed by atoms with Gasteiger partial charge < -0.3 is 14.9 Å². The zero-order valence-electron chi connectivity index (χ0n) is 14.3. The van der Waals surface area contributed by atoms with E-state index in [1.54, 1.807) is 0 Å². The molecule has 23 heavy (non-hydrogen) atoms. The Balaban J connectivity index is 2.16. The fraction of sp³-hybridized carbons (Fsp3) is 0.842. The Labute approximate surface area is 141 Å². The minimum Gasteiger partial charge on any atom is -0.396 e. The summed E-state index contributed by atoms with van der Waals surface area (Å²) < 4.78 is 5.73. The van der Waals surface area contributed by atoms with Gasteiger partial charge in [0.25, 0.3) is 0 Å². The highest BCUT2D eigenvalue weighted by Crippen LogP contribution is 2.27. The van der Waals surface area contributed by atoms with Gasteiger partial charge in [0.05, 0.1) is 24.9 Å². The van der Waals surface area contributed by atoms with Crippen molar-refractivity contribution in [3.63, 3.8) is 0 Å². The molecule has 0 unspecified atom stereocenters. The number of aliphatic hydroxyl groups excluding tert-OH is 2. The first-order chi connectivity index (χ1) is 11.3. The van der Waals surface area contributed by atoms with Gasteiger partial charge in [0.15, 0.2) is 0 Å². The van der Waals surface area contributed by atoms with Crippen molar-refractivity contribution >= 4 is 0 Å². The Morgan fingerprint density at radius 1 is 1.04 bits per heavy atom. The summed E-state index contributed by atoms with van der Waals surface area (Å²) in [6.45, 7) is 0.740. The fourth-order valence-electron chi connectivity index (χ4n) is 3.10. The van der Waals surface area contributed by atoms with Gasteiger partial charge in [-0.1, -0.05) is 44.3 Å². The molecule has 3 atom stereocenters. The van der Waals surface area contributed by atoms with Gasteiger partial charge in [-0.3, -0.25) is 0 Å². The van der Waals surface area contributed by atoms with Crippen LogP contribution in [0.5, 0.6) is 0 Å². The summed E-state index contributed by atoms with van der Waals surface area (Å²) in [4.78, 5) is 0. The molecular formula is C19H33NO3. The number of aliphatic hydroxyl groups is 2. The Morgan fingerprint density at radius 2 is 1.78 bits per heavy atom. The van der Waals surface area contributed by atoms with Gasteiger partial charge in [-0.15, -0.1) is 0 Å². The van der Waals surface area contributed by atoms with E-state index in [-0.39, 0.29) is 18.1 Å². The molecule has 0 spiro atoms. The Bertz CT molecular complexity index is 351. The SMILES string of the molecule is N#CCCCCCC[C@H]1OC[C@@H](O)[C@H]1C=CCCCCCCO. The lowest BCUT2D eigenvalue weighted by atomic mass is 9.93. The van der Waals surface area contributed by atoms with E-state index in [1.807, 2.05) is 0 Å². The van der Waals surface area contributed by atoms with Crippen LogP contribution >= 0.6 is 0 Å². The van der Waals surface area contributed by atoms with Gasteiger partial charge in [-0.25, -0.2) is 0 Å². The largest absolute Gasteiger partial charge is 0.396 e. The van der Waals surface area contributed by atoms with E-state index in [4.69, 9.17) is 15.1 Å². The molecule has 0 bridgehead atoms. The molecule has 2 N–H and O–H groups in total. The second kappa shape index (κ2) is 13.5. The molecular weight excluding hydrogens is 290 g/mol. The summed E-state index contributed by atoms with van der Waals surface area (Å²) in [5.74, 6) is 0.131. The van der Waals surface area contributed by atoms with Crippen LogP contribution in [0, 0.1) is 17.2 Å². The predicted molar refractivity (Wildman–Crippen MR) is 91.9 cm³/mol. The molecule has 4 heteroatoms. The molecule has 0 aromatic heterocycles. The molecule has 0 amide bonds. The number of nitriles is 1. The number of allylic oxidation sites excluding steroid dienone is 1. The van der Waals surface area contributed by atoms with Crippen LogP contribution in [0.3, 0.4) is 0 Å². The molecule has 0 aromatic carbocycles. The Hall–Kier alpha value is -0.890. The third kappa shape index (κ3) is 9.10. The van der Waals surface area contributed by atoms with Crippen LogP contribution in [0.15, 0.2) is 12.2 Å². The maximum absolute atomic E-state index is 10.1. The predicted octanol–water partition coefficient (Wildman–Crippen LogP) is 3.73. The van der Waals surface area contributed by atoms with Gasteiger partial charge in [-0.2, -0.15) is 5.26 Å². The molecule has 1 rings (SSSR count). The molecule has 1 heterocycles. The van der Waals surface area contributed by atoms with Crippen molar-refractivity contribution in [2.45, 2.75) is 82.8 Å². The van der Waals surface area contributed by atoms with Crippen molar-refractivity contribution in [3.8, 4) is 6.07 Å². The number of hydrogen-bond acceptors (Lipinski definition) is 4. The molecule has 1 aliphatic rings. The van der Waals surface area contributed by atoms with Gasteiger partial charge in [-0.05, 0) is 32.1 Å². The summed E-state index contributed by atoms with van der Waals surface area (Å²) in [5.41, 5.74) is 0. The van der Waals surface area contributed by atoms with Crippen LogP contribution in [0.25, 0.3) is 0 Å². The molecule has 1 saturated heterocycles. The number of nitrogens with zero attached hydrogens (tertiary/aromatic N) is 1. The minimum atomic E-state index is -0.371. The first-order valence-electron chi connectivity index (χ1n) is 9.23. The van der Waals surface area contributed by atoms with Crippen LogP contribution in [0.4, 0.5) is 0 Å². The second-order valence-corrected chi connectivity index (χ2v) is 6.48. The Morgan fingerprint density at radius 3 is 2.57 bits per heavy atom. The van der Waals surface area contributed by atoms with Crippen LogP contribution in [-0.4, -0.2) is 35.6 Å². The smallest absolute Gasteiger partial charge is 0.0861 e. The normalized spacial score (nSPS) is 24.3. The molecule has 0 aromatic rings. The van der Waals surface area contributed by atoms with E-state index in [9.17, 15) is 5.11 Å². The van der Waals surface area contributed by atoms with Crippen LogP contribution in [0.1, 0.15) is 70.6 Å². The maximum atomic E-state index is 10.1. The highest BCUT2D eigenvalue weighted by atomic mass is 16.5. The van der Waals surface area contributed by atoms with Gasteiger partial charge >= 0.3 is 0 Å². The quantitative estimate of drug-likeness (QED) is 0.400. The number of unbranched alkanes of at least 4 members (excludes halogenated alkanes) is 8. The molecule has 132 valence electrons. The van der Waals surface area contributed by atoms with E-state index in [2.05, 4.69) is 18.2 Å². The Kier molecular flexibility index (Phi) is 11.9. The summed E-state index contributed by atoms with van der Waals surface area (Å²) in [6, 6.07) is 2.18. The third-order valence-corrected chi connectivity index (χ3v) is 4.52. The summed E-state index contributed by atoms with van der Waals surface area (Å²) in [6.07, 6.45) is 15.4. The summed E-state index contributed by atoms with van der Waals surface area (Å²) >= 11 is 0.